The number of carbonyl (C=O) groups is 1. The Hall–Kier alpha value is -2.20. The zero-order valence-corrected chi connectivity index (χ0v) is 16.2. The topological polar surface area (TPSA) is 49.6 Å². The highest BCUT2D eigenvalue weighted by Gasteiger charge is 2.33. The van der Waals surface area contributed by atoms with Crippen molar-refractivity contribution < 1.29 is 4.79 Å². The number of carbonyl (C=O) groups excluding carboxylic acids is 1. The maximum atomic E-state index is 12.5. The van der Waals surface area contributed by atoms with Gasteiger partial charge in [-0.25, -0.2) is 0 Å². The first-order valence-corrected chi connectivity index (χ1v) is 10.1. The monoisotopic (exact) mass is 383 g/mol. The first-order valence-electron chi connectivity index (χ1n) is 9.73. The van der Waals surface area contributed by atoms with E-state index >= 15 is 0 Å². The number of amides is 1. The van der Waals surface area contributed by atoms with Crippen LogP contribution < -0.4 is 10.6 Å². The van der Waals surface area contributed by atoms with Gasteiger partial charge in [-0.1, -0.05) is 41.9 Å². The first-order chi connectivity index (χ1) is 13.1. The predicted molar refractivity (Wildman–Crippen MR) is 111 cm³/mol. The molecule has 1 saturated heterocycles. The van der Waals surface area contributed by atoms with Crippen LogP contribution in [0.15, 0.2) is 48.5 Å². The highest BCUT2D eigenvalue weighted by Crippen LogP contribution is 2.34. The Morgan fingerprint density at radius 3 is 2.63 bits per heavy atom. The van der Waals surface area contributed by atoms with Gasteiger partial charge in [-0.2, -0.15) is 0 Å². The summed E-state index contributed by atoms with van der Waals surface area (Å²) in [6.07, 6.45) is 4.13. The van der Waals surface area contributed by atoms with E-state index in [0.29, 0.717) is 22.5 Å². The number of benzene rings is 2. The van der Waals surface area contributed by atoms with Crippen LogP contribution >= 0.6 is 11.6 Å². The summed E-state index contributed by atoms with van der Waals surface area (Å²) in [5, 5.41) is 0.574. The lowest BCUT2D eigenvalue weighted by Crippen LogP contribution is -2.38. The molecule has 1 aliphatic heterocycles. The number of likely N-dealkylation sites (tertiary alicyclic amines) is 1. The fourth-order valence-corrected chi connectivity index (χ4v) is 4.00. The van der Waals surface area contributed by atoms with Crippen molar-refractivity contribution in [1.82, 2.24) is 4.90 Å². The minimum atomic E-state index is 0.285. The molecule has 2 aromatic carbocycles. The molecule has 2 fully saturated rings. The predicted octanol–water partition coefficient (Wildman–Crippen LogP) is 4.33. The summed E-state index contributed by atoms with van der Waals surface area (Å²) < 4.78 is 0. The second-order valence-corrected chi connectivity index (χ2v) is 8.16. The molecule has 0 radical (unpaired) electrons. The van der Waals surface area contributed by atoms with Crippen LogP contribution in [0.4, 0.5) is 11.4 Å². The van der Waals surface area contributed by atoms with E-state index < -0.39 is 0 Å². The van der Waals surface area contributed by atoms with E-state index in [1.54, 1.807) is 0 Å². The van der Waals surface area contributed by atoms with Crippen molar-refractivity contribution in [2.45, 2.75) is 38.3 Å². The van der Waals surface area contributed by atoms with Crippen molar-refractivity contribution in [1.29, 1.82) is 0 Å². The van der Waals surface area contributed by atoms with Gasteiger partial charge in [0.05, 0.1) is 10.7 Å². The SMILES string of the molecule is Nc1ccc(N(Cc2ccccc2)[C@H]2CCN(C(=O)CC3CC3)C2)cc1Cl. The second-order valence-electron chi connectivity index (χ2n) is 7.75. The molecule has 0 bridgehead atoms. The number of halogens is 1. The lowest BCUT2D eigenvalue weighted by atomic mass is 10.1. The number of nitrogen functional groups attached to an aromatic ring is 1. The van der Waals surface area contributed by atoms with E-state index in [9.17, 15) is 4.79 Å². The number of hydrogen-bond acceptors (Lipinski definition) is 3. The van der Waals surface area contributed by atoms with Gasteiger partial charge in [0.15, 0.2) is 0 Å². The van der Waals surface area contributed by atoms with Gasteiger partial charge >= 0.3 is 0 Å². The van der Waals surface area contributed by atoms with Gasteiger partial charge in [0.2, 0.25) is 5.91 Å². The van der Waals surface area contributed by atoms with Crippen LogP contribution in [-0.4, -0.2) is 29.9 Å². The van der Waals surface area contributed by atoms with E-state index in [0.717, 1.165) is 38.2 Å². The third-order valence-electron chi connectivity index (χ3n) is 5.63. The normalized spacial score (nSPS) is 19.3. The zero-order valence-electron chi connectivity index (χ0n) is 15.5. The lowest BCUT2D eigenvalue weighted by Gasteiger charge is -2.32. The minimum Gasteiger partial charge on any atom is -0.398 e. The number of anilines is 2. The van der Waals surface area contributed by atoms with Crippen molar-refractivity contribution in [3.63, 3.8) is 0 Å². The number of hydrogen-bond donors (Lipinski definition) is 1. The third kappa shape index (κ3) is 4.38. The standard InChI is InChI=1S/C22H26ClN3O/c23-20-13-18(8-9-21(20)24)26(14-17-4-2-1-3-5-17)19-10-11-25(15-19)22(27)12-16-6-7-16/h1-5,8-9,13,16,19H,6-7,10-12,14-15,24H2/t19-/m0/s1. The molecule has 4 nitrogen and oxygen atoms in total. The van der Waals surface area contributed by atoms with Crippen molar-refractivity contribution in [3.05, 3.63) is 59.1 Å². The zero-order chi connectivity index (χ0) is 18.8. The van der Waals surface area contributed by atoms with Crippen LogP contribution in [0.25, 0.3) is 0 Å². The van der Waals surface area contributed by atoms with Gasteiger partial charge in [-0.15, -0.1) is 0 Å². The quantitative estimate of drug-likeness (QED) is 0.755. The Morgan fingerprint density at radius 1 is 1.15 bits per heavy atom. The highest BCUT2D eigenvalue weighted by atomic mass is 35.5. The van der Waals surface area contributed by atoms with Crippen molar-refractivity contribution in [3.8, 4) is 0 Å². The number of rotatable bonds is 6. The Kier molecular flexibility index (Phi) is 5.26. The fourth-order valence-electron chi connectivity index (χ4n) is 3.83. The molecular formula is C22H26ClN3O. The third-order valence-corrected chi connectivity index (χ3v) is 5.96. The Labute approximate surface area is 165 Å². The van der Waals surface area contributed by atoms with E-state index in [1.807, 2.05) is 29.2 Å². The molecule has 2 aliphatic rings. The maximum Gasteiger partial charge on any atom is 0.222 e. The minimum absolute atomic E-state index is 0.285. The summed E-state index contributed by atoms with van der Waals surface area (Å²) in [7, 11) is 0. The summed E-state index contributed by atoms with van der Waals surface area (Å²) in [5.74, 6) is 0.947. The van der Waals surface area contributed by atoms with E-state index in [1.165, 1.54) is 18.4 Å². The Balaban J connectivity index is 1.53. The van der Waals surface area contributed by atoms with Gasteiger partial charge < -0.3 is 15.5 Å². The molecule has 0 aromatic heterocycles. The summed E-state index contributed by atoms with van der Waals surface area (Å²) in [6.45, 7) is 2.40. The lowest BCUT2D eigenvalue weighted by molar-refractivity contribution is -0.130. The van der Waals surface area contributed by atoms with Crippen molar-refractivity contribution in [2.24, 2.45) is 5.92 Å². The van der Waals surface area contributed by atoms with Gasteiger partial charge in [-0.05, 0) is 48.9 Å². The second kappa shape index (κ2) is 7.81. The molecular weight excluding hydrogens is 358 g/mol. The van der Waals surface area contributed by atoms with Gasteiger partial charge in [0.25, 0.3) is 0 Å². The molecule has 0 unspecified atom stereocenters. The van der Waals surface area contributed by atoms with Crippen LogP contribution in [0.1, 0.15) is 31.2 Å². The molecule has 1 heterocycles. The van der Waals surface area contributed by atoms with E-state index in [4.69, 9.17) is 17.3 Å². The van der Waals surface area contributed by atoms with Crippen LogP contribution in [0.3, 0.4) is 0 Å². The molecule has 0 spiro atoms. The van der Waals surface area contributed by atoms with Crippen molar-refractivity contribution in [2.75, 3.05) is 23.7 Å². The molecule has 1 saturated carbocycles. The highest BCUT2D eigenvalue weighted by molar-refractivity contribution is 6.33. The van der Waals surface area contributed by atoms with Gasteiger partial charge in [0, 0.05) is 37.8 Å². The van der Waals surface area contributed by atoms with E-state index in [-0.39, 0.29) is 6.04 Å². The molecule has 2 aromatic rings. The van der Waals surface area contributed by atoms with Crippen LogP contribution in [0.2, 0.25) is 5.02 Å². The maximum absolute atomic E-state index is 12.5. The van der Waals surface area contributed by atoms with Crippen LogP contribution in [0.5, 0.6) is 0 Å². The van der Waals surface area contributed by atoms with Crippen LogP contribution in [-0.2, 0) is 11.3 Å². The van der Waals surface area contributed by atoms with Crippen LogP contribution in [0, 0.1) is 5.92 Å². The average Bonchev–Trinajstić information content (AvgIpc) is 3.35. The Morgan fingerprint density at radius 2 is 1.93 bits per heavy atom. The van der Waals surface area contributed by atoms with E-state index in [2.05, 4.69) is 29.2 Å². The smallest absolute Gasteiger partial charge is 0.222 e. The molecule has 1 amide bonds. The van der Waals surface area contributed by atoms with Gasteiger partial charge in [0.1, 0.15) is 0 Å². The molecule has 4 rings (SSSR count). The molecule has 5 heteroatoms. The molecule has 1 aliphatic carbocycles. The summed E-state index contributed by atoms with van der Waals surface area (Å²) in [4.78, 5) is 16.9. The summed E-state index contributed by atoms with van der Waals surface area (Å²) in [6, 6.07) is 16.5. The largest absolute Gasteiger partial charge is 0.398 e. The summed E-state index contributed by atoms with van der Waals surface area (Å²) in [5.41, 5.74) is 8.79. The molecule has 142 valence electrons. The molecule has 2 N–H and O–H groups in total. The average molecular weight is 384 g/mol. The first kappa shape index (κ1) is 18.2. The number of nitrogens with zero attached hydrogens (tertiary/aromatic N) is 2. The number of nitrogens with two attached hydrogens (primary N) is 1. The van der Waals surface area contributed by atoms with Crippen molar-refractivity contribution >= 4 is 28.9 Å². The molecule has 1 atom stereocenters. The van der Waals surface area contributed by atoms with Gasteiger partial charge in [-0.3, -0.25) is 4.79 Å². The molecule has 27 heavy (non-hydrogen) atoms. The summed E-state index contributed by atoms with van der Waals surface area (Å²) >= 11 is 6.29. The Bertz CT molecular complexity index is 806. The fraction of sp³-hybridized carbons (Fsp3) is 0.409.